The third-order valence-electron chi connectivity index (χ3n) is 4.36. The van der Waals surface area contributed by atoms with Crippen molar-refractivity contribution in [2.45, 2.75) is 20.4 Å². The summed E-state index contributed by atoms with van der Waals surface area (Å²) in [6, 6.07) is 12.4. The number of aromatic nitrogens is 1. The Bertz CT molecular complexity index is 1060. The van der Waals surface area contributed by atoms with Crippen molar-refractivity contribution in [2.75, 3.05) is 12.4 Å². The van der Waals surface area contributed by atoms with Crippen molar-refractivity contribution in [1.29, 1.82) is 0 Å². The van der Waals surface area contributed by atoms with Crippen LogP contribution in [0, 0.1) is 13.8 Å². The van der Waals surface area contributed by atoms with Crippen LogP contribution in [0.15, 0.2) is 47.3 Å². The zero-order valence-corrected chi connectivity index (χ0v) is 15.6. The smallest absolute Gasteiger partial charge is 0.251 e. The number of nitrogens with one attached hydrogen (secondary N) is 1. The highest BCUT2D eigenvalue weighted by molar-refractivity contribution is 6.31. The SMILES string of the molecule is COc1cccc2c(C)cc(=O)n(CC(=O)Nc3cccc(Cl)c3C)c12. The van der Waals surface area contributed by atoms with Gasteiger partial charge in [0.05, 0.1) is 12.6 Å². The first-order valence-corrected chi connectivity index (χ1v) is 8.52. The number of hydrogen-bond donors (Lipinski definition) is 1. The third-order valence-corrected chi connectivity index (χ3v) is 4.77. The molecule has 0 bridgehead atoms. The summed E-state index contributed by atoms with van der Waals surface area (Å²) in [7, 11) is 1.54. The number of pyridine rings is 1. The zero-order valence-electron chi connectivity index (χ0n) is 14.8. The van der Waals surface area contributed by atoms with Crippen LogP contribution in [0.3, 0.4) is 0 Å². The maximum atomic E-state index is 12.6. The average Bonchev–Trinajstić information content (AvgIpc) is 2.62. The fourth-order valence-electron chi connectivity index (χ4n) is 2.97. The minimum atomic E-state index is -0.312. The van der Waals surface area contributed by atoms with Gasteiger partial charge in [0.15, 0.2) is 0 Å². The van der Waals surface area contributed by atoms with Gasteiger partial charge in [0.25, 0.3) is 5.56 Å². The Kier molecular flexibility index (Phi) is 5.00. The van der Waals surface area contributed by atoms with Crippen molar-refractivity contribution in [3.63, 3.8) is 0 Å². The summed E-state index contributed by atoms with van der Waals surface area (Å²) in [5.41, 5.74) is 2.60. The van der Waals surface area contributed by atoms with Crippen LogP contribution < -0.4 is 15.6 Å². The lowest BCUT2D eigenvalue weighted by Crippen LogP contribution is -2.28. The van der Waals surface area contributed by atoms with Crippen LogP contribution in [0.5, 0.6) is 5.75 Å². The molecule has 134 valence electrons. The van der Waals surface area contributed by atoms with Gasteiger partial charge in [0, 0.05) is 22.2 Å². The number of benzene rings is 2. The Hall–Kier alpha value is -2.79. The number of carbonyl (C=O) groups is 1. The van der Waals surface area contributed by atoms with E-state index >= 15 is 0 Å². The molecule has 1 amide bonds. The van der Waals surface area contributed by atoms with Gasteiger partial charge in [-0.2, -0.15) is 0 Å². The number of fused-ring (bicyclic) bond motifs is 1. The lowest BCUT2D eigenvalue weighted by atomic mass is 10.1. The predicted octanol–water partition coefficient (Wildman–Crippen LogP) is 3.92. The van der Waals surface area contributed by atoms with Crippen LogP contribution in [-0.4, -0.2) is 17.6 Å². The Balaban J connectivity index is 2.02. The number of anilines is 1. The molecule has 0 saturated carbocycles. The minimum absolute atomic E-state index is 0.123. The summed E-state index contributed by atoms with van der Waals surface area (Å²) < 4.78 is 6.83. The lowest BCUT2D eigenvalue weighted by molar-refractivity contribution is -0.116. The molecule has 6 heteroatoms. The molecule has 0 saturated heterocycles. The van der Waals surface area contributed by atoms with Crippen LogP contribution >= 0.6 is 11.6 Å². The maximum absolute atomic E-state index is 12.6. The number of aryl methyl sites for hydroxylation is 1. The molecule has 5 nitrogen and oxygen atoms in total. The van der Waals surface area contributed by atoms with Crippen LogP contribution in [0.1, 0.15) is 11.1 Å². The fraction of sp³-hybridized carbons (Fsp3) is 0.200. The van der Waals surface area contributed by atoms with Gasteiger partial charge in [-0.25, -0.2) is 0 Å². The molecule has 26 heavy (non-hydrogen) atoms. The highest BCUT2D eigenvalue weighted by Gasteiger charge is 2.15. The van der Waals surface area contributed by atoms with Crippen LogP contribution in [-0.2, 0) is 11.3 Å². The monoisotopic (exact) mass is 370 g/mol. The van der Waals surface area contributed by atoms with E-state index in [4.69, 9.17) is 16.3 Å². The lowest BCUT2D eigenvalue weighted by Gasteiger charge is -2.15. The van der Waals surface area contributed by atoms with Gasteiger partial charge in [0.1, 0.15) is 12.3 Å². The molecular formula is C20H19ClN2O3. The Morgan fingerprint density at radius 1 is 1.19 bits per heavy atom. The van der Waals surface area contributed by atoms with Crippen LogP contribution in [0.2, 0.25) is 5.02 Å². The number of para-hydroxylation sites is 1. The highest BCUT2D eigenvalue weighted by atomic mass is 35.5. The van der Waals surface area contributed by atoms with Crippen molar-refractivity contribution < 1.29 is 9.53 Å². The summed E-state index contributed by atoms with van der Waals surface area (Å²) in [6.45, 7) is 3.57. The van der Waals surface area contributed by atoms with E-state index in [1.165, 1.54) is 10.6 Å². The number of ether oxygens (including phenoxy) is 1. The number of methoxy groups -OCH3 is 1. The second kappa shape index (κ2) is 7.22. The van der Waals surface area contributed by atoms with Gasteiger partial charge in [-0.1, -0.05) is 29.8 Å². The fourth-order valence-corrected chi connectivity index (χ4v) is 3.14. The number of halogens is 1. The van der Waals surface area contributed by atoms with Gasteiger partial charge in [-0.3, -0.25) is 14.2 Å². The van der Waals surface area contributed by atoms with E-state index in [0.717, 1.165) is 16.5 Å². The van der Waals surface area contributed by atoms with E-state index in [1.54, 1.807) is 31.4 Å². The molecule has 3 rings (SSSR count). The molecule has 0 spiro atoms. The van der Waals surface area contributed by atoms with Gasteiger partial charge >= 0.3 is 0 Å². The van der Waals surface area contributed by atoms with Crippen LogP contribution in [0.4, 0.5) is 5.69 Å². The molecule has 0 fully saturated rings. The molecule has 1 heterocycles. The quantitative estimate of drug-likeness (QED) is 0.757. The average molecular weight is 371 g/mol. The molecular weight excluding hydrogens is 352 g/mol. The van der Waals surface area contributed by atoms with Crippen molar-refractivity contribution in [3.8, 4) is 5.75 Å². The first kappa shape index (κ1) is 18.0. The standard InChI is InChI=1S/C20H19ClN2O3/c1-12-10-19(25)23(20-14(12)6-4-9-17(20)26-3)11-18(24)22-16-8-5-7-15(21)13(16)2/h4-10H,11H2,1-3H3,(H,22,24). The van der Waals surface area contributed by atoms with Crippen molar-refractivity contribution in [2.24, 2.45) is 0 Å². The number of nitrogens with zero attached hydrogens (tertiary/aromatic N) is 1. The van der Waals surface area contributed by atoms with Crippen LogP contribution in [0.25, 0.3) is 10.9 Å². The molecule has 1 N–H and O–H groups in total. The summed E-state index contributed by atoms with van der Waals surface area (Å²) in [4.78, 5) is 25.1. The maximum Gasteiger partial charge on any atom is 0.251 e. The number of amides is 1. The first-order chi connectivity index (χ1) is 12.4. The van der Waals surface area contributed by atoms with E-state index in [0.29, 0.717) is 22.0 Å². The molecule has 0 unspecified atom stereocenters. The largest absolute Gasteiger partial charge is 0.495 e. The number of carbonyl (C=O) groups excluding carboxylic acids is 1. The number of hydrogen-bond acceptors (Lipinski definition) is 3. The van der Waals surface area contributed by atoms with Crippen molar-refractivity contribution in [3.05, 3.63) is 69.0 Å². The minimum Gasteiger partial charge on any atom is -0.495 e. The molecule has 0 atom stereocenters. The van der Waals surface area contributed by atoms with Gasteiger partial charge in [-0.15, -0.1) is 0 Å². The number of rotatable bonds is 4. The molecule has 3 aromatic rings. The highest BCUT2D eigenvalue weighted by Crippen LogP contribution is 2.27. The van der Waals surface area contributed by atoms with E-state index in [-0.39, 0.29) is 18.0 Å². The second-order valence-electron chi connectivity index (χ2n) is 6.07. The Morgan fingerprint density at radius 3 is 2.65 bits per heavy atom. The zero-order chi connectivity index (χ0) is 18.8. The molecule has 2 aromatic carbocycles. The summed E-state index contributed by atoms with van der Waals surface area (Å²) in [6.07, 6.45) is 0. The Morgan fingerprint density at radius 2 is 1.92 bits per heavy atom. The van der Waals surface area contributed by atoms with E-state index < -0.39 is 0 Å². The summed E-state index contributed by atoms with van der Waals surface area (Å²) in [5.74, 6) is 0.239. The summed E-state index contributed by atoms with van der Waals surface area (Å²) >= 11 is 6.09. The molecule has 0 radical (unpaired) electrons. The van der Waals surface area contributed by atoms with E-state index in [2.05, 4.69) is 5.32 Å². The van der Waals surface area contributed by atoms with Gasteiger partial charge < -0.3 is 10.1 Å². The Labute approximate surface area is 156 Å². The van der Waals surface area contributed by atoms with Crippen molar-refractivity contribution in [1.82, 2.24) is 4.57 Å². The third kappa shape index (κ3) is 3.30. The molecule has 0 aliphatic carbocycles. The molecule has 1 aromatic heterocycles. The molecule has 0 aliphatic rings. The molecule has 0 aliphatic heterocycles. The van der Waals surface area contributed by atoms with E-state index in [1.807, 2.05) is 26.0 Å². The predicted molar refractivity (Wildman–Crippen MR) is 104 cm³/mol. The topological polar surface area (TPSA) is 60.3 Å². The van der Waals surface area contributed by atoms with Gasteiger partial charge in [0.2, 0.25) is 5.91 Å². The first-order valence-electron chi connectivity index (χ1n) is 8.14. The normalized spacial score (nSPS) is 10.8. The van der Waals surface area contributed by atoms with Gasteiger partial charge in [-0.05, 0) is 43.2 Å². The summed E-state index contributed by atoms with van der Waals surface area (Å²) in [5, 5.41) is 4.26. The second-order valence-corrected chi connectivity index (χ2v) is 6.48. The van der Waals surface area contributed by atoms with E-state index in [9.17, 15) is 9.59 Å². The van der Waals surface area contributed by atoms with Crippen molar-refractivity contribution >= 4 is 34.1 Å².